The van der Waals surface area contributed by atoms with E-state index in [-0.39, 0.29) is 12.1 Å². The van der Waals surface area contributed by atoms with Crippen LogP contribution < -0.4 is 0 Å². The summed E-state index contributed by atoms with van der Waals surface area (Å²) in [6.07, 6.45) is -0.243. The molecule has 2 aromatic carbocycles. The molecule has 0 aliphatic carbocycles. The van der Waals surface area contributed by atoms with Gasteiger partial charge in [0.2, 0.25) is 0 Å². The molecule has 1 heterocycles. The van der Waals surface area contributed by atoms with Crippen LogP contribution in [0.1, 0.15) is 24.1 Å². The summed E-state index contributed by atoms with van der Waals surface area (Å²) in [7, 11) is 0. The van der Waals surface area contributed by atoms with Crippen molar-refractivity contribution in [3.8, 4) is 0 Å². The minimum Gasteiger partial charge on any atom is -0.450 e. The number of hydrogen-bond acceptors (Lipinski definition) is 3. The first-order chi connectivity index (χ1) is 12.6. The monoisotopic (exact) mass is 392 g/mol. The van der Waals surface area contributed by atoms with Gasteiger partial charge < -0.3 is 9.64 Å². The highest BCUT2D eigenvalue weighted by atomic mass is 35.5. The van der Waals surface area contributed by atoms with Gasteiger partial charge in [0, 0.05) is 36.2 Å². The number of halogens is 2. The van der Waals surface area contributed by atoms with Crippen LogP contribution in [-0.4, -0.2) is 48.7 Å². The molecule has 1 saturated heterocycles. The van der Waals surface area contributed by atoms with Crippen LogP contribution in [0.25, 0.3) is 0 Å². The molecule has 4 nitrogen and oxygen atoms in total. The predicted octanol–water partition coefficient (Wildman–Crippen LogP) is 4.86. The van der Waals surface area contributed by atoms with Gasteiger partial charge in [-0.3, -0.25) is 4.90 Å². The molecule has 0 aromatic heterocycles. The number of benzene rings is 2. The molecule has 1 aliphatic heterocycles. The van der Waals surface area contributed by atoms with Crippen molar-refractivity contribution < 1.29 is 9.53 Å². The van der Waals surface area contributed by atoms with E-state index in [1.807, 2.05) is 49.4 Å². The largest absolute Gasteiger partial charge is 0.450 e. The van der Waals surface area contributed by atoms with E-state index in [1.54, 1.807) is 4.90 Å². The number of nitrogens with zero attached hydrogens (tertiary/aromatic N) is 2. The lowest BCUT2D eigenvalue weighted by Gasteiger charge is -2.39. The van der Waals surface area contributed by atoms with E-state index in [0.717, 1.165) is 29.2 Å². The van der Waals surface area contributed by atoms with E-state index in [2.05, 4.69) is 11.0 Å². The first-order valence-electron chi connectivity index (χ1n) is 8.75. The van der Waals surface area contributed by atoms with Gasteiger partial charge in [0.05, 0.1) is 12.6 Å². The molecule has 0 bridgehead atoms. The SMILES string of the molecule is CCOC(=O)N1CCN(C(c2ccc(Cl)cc2)c2ccccc2Cl)CC1. The Morgan fingerprint density at radius 2 is 1.69 bits per heavy atom. The molecule has 1 atom stereocenters. The Morgan fingerprint density at radius 1 is 1.04 bits per heavy atom. The second-order valence-electron chi connectivity index (χ2n) is 6.20. The predicted molar refractivity (Wildman–Crippen MR) is 105 cm³/mol. The molecule has 138 valence electrons. The molecule has 0 radical (unpaired) electrons. The van der Waals surface area contributed by atoms with Crippen LogP contribution in [0.3, 0.4) is 0 Å². The molecule has 6 heteroatoms. The van der Waals surface area contributed by atoms with Gasteiger partial charge in [-0.05, 0) is 36.2 Å². The quantitative estimate of drug-likeness (QED) is 0.744. The van der Waals surface area contributed by atoms with Crippen LogP contribution in [0.5, 0.6) is 0 Å². The summed E-state index contributed by atoms with van der Waals surface area (Å²) in [5, 5.41) is 1.44. The summed E-state index contributed by atoms with van der Waals surface area (Å²) < 4.78 is 5.11. The van der Waals surface area contributed by atoms with Crippen LogP contribution >= 0.6 is 23.2 Å². The van der Waals surface area contributed by atoms with E-state index in [4.69, 9.17) is 27.9 Å². The van der Waals surface area contributed by atoms with Crippen LogP contribution in [-0.2, 0) is 4.74 Å². The summed E-state index contributed by atoms with van der Waals surface area (Å²) in [4.78, 5) is 16.1. The first kappa shape index (κ1) is 19.0. The van der Waals surface area contributed by atoms with Crippen molar-refractivity contribution in [2.75, 3.05) is 32.8 Å². The fraction of sp³-hybridized carbons (Fsp3) is 0.350. The third-order valence-electron chi connectivity index (χ3n) is 4.59. The molecule has 3 rings (SSSR count). The maximum atomic E-state index is 12.0. The highest BCUT2D eigenvalue weighted by molar-refractivity contribution is 6.31. The van der Waals surface area contributed by atoms with E-state index < -0.39 is 0 Å². The second-order valence-corrected chi connectivity index (χ2v) is 7.04. The number of piperazine rings is 1. The highest BCUT2D eigenvalue weighted by Crippen LogP contribution is 2.34. The Morgan fingerprint density at radius 3 is 2.31 bits per heavy atom. The second kappa shape index (κ2) is 8.76. The lowest BCUT2D eigenvalue weighted by molar-refractivity contribution is 0.0715. The van der Waals surface area contributed by atoms with Crippen molar-refractivity contribution in [3.63, 3.8) is 0 Å². The summed E-state index contributed by atoms with van der Waals surface area (Å²) in [6.45, 7) is 4.98. The molecule has 1 fully saturated rings. The van der Waals surface area contributed by atoms with Crippen molar-refractivity contribution in [3.05, 3.63) is 69.7 Å². The molecule has 1 amide bonds. The fourth-order valence-corrected chi connectivity index (χ4v) is 3.67. The van der Waals surface area contributed by atoms with Gasteiger partial charge in [0.25, 0.3) is 0 Å². The first-order valence-corrected chi connectivity index (χ1v) is 9.51. The highest BCUT2D eigenvalue weighted by Gasteiger charge is 2.29. The molecule has 1 unspecified atom stereocenters. The van der Waals surface area contributed by atoms with Crippen LogP contribution in [0.4, 0.5) is 4.79 Å². The number of hydrogen-bond donors (Lipinski definition) is 0. The van der Waals surface area contributed by atoms with Crippen molar-refractivity contribution in [1.29, 1.82) is 0 Å². The average molecular weight is 393 g/mol. The van der Waals surface area contributed by atoms with Gasteiger partial charge in [-0.25, -0.2) is 4.79 Å². The molecule has 1 aliphatic rings. The smallest absolute Gasteiger partial charge is 0.409 e. The number of carbonyl (C=O) groups excluding carboxylic acids is 1. The maximum absolute atomic E-state index is 12.0. The zero-order valence-corrected chi connectivity index (χ0v) is 16.2. The summed E-state index contributed by atoms with van der Waals surface area (Å²) in [5.41, 5.74) is 2.19. The molecule has 0 saturated carbocycles. The summed E-state index contributed by atoms with van der Waals surface area (Å²) in [5.74, 6) is 0. The molecule has 0 spiro atoms. The van der Waals surface area contributed by atoms with Gasteiger partial charge in [0.15, 0.2) is 0 Å². The zero-order chi connectivity index (χ0) is 18.5. The van der Waals surface area contributed by atoms with Gasteiger partial charge in [-0.2, -0.15) is 0 Å². The van der Waals surface area contributed by atoms with Crippen molar-refractivity contribution in [2.45, 2.75) is 13.0 Å². The van der Waals surface area contributed by atoms with E-state index in [9.17, 15) is 4.79 Å². The number of rotatable bonds is 4. The topological polar surface area (TPSA) is 32.8 Å². The Hall–Kier alpha value is -1.75. The van der Waals surface area contributed by atoms with Crippen LogP contribution in [0.2, 0.25) is 10.0 Å². The molecular formula is C20H22Cl2N2O2. The van der Waals surface area contributed by atoms with E-state index >= 15 is 0 Å². The summed E-state index contributed by atoms with van der Waals surface area (Å²) in [6, 6.07) is 15.8. The molecule has 0 N–H and O–H groups in total. The van der Waals surface area contributed by atoms with Crippen molar-refractivity contribution in [1.82, 2.24) is 9.80 Å². The Balaban J connectivity index is 1.84. The molecular weight excluding hydrogens is 371 g/mol. The fourth-order valence-electron chi connectivity index (χ4n) is 3.31. The number of amides is 1. The van der Waals surface area contributed by atoms with Crippen LogP contribution in [0.15, 0.2) is 48.5 Å². The summed E-state index contributed by atoms with van der Waals surface area (Å²) >= 11 is 12.6. The third kappa shape index (κ3) is 4.32. The van der Waals surface area contributed by atoms with Gasteiger partial charge in [0.1, 0.15) is 0 Å². The Bertz CT molecular complexity index is 744. The van der Waals surface area contributed by atoms with Crippen molar-refractivity contribution >= 4 is 29.3 Å². The van der Waals surface area contributed by atoms with E-state index in [1.165, 1.54) is 0 Å². The average Bonchev–Trinajstić information content (AvgIpc) is 2.66. The third-order valence-corrected chi connectivity index (χ3v) is 5.19. The number of carbonyl (C=O) groups is 1. The minimum atomic E-state index is -0.243. The Labute approximate surface area is 164 Å². The zero-order valence-electron chi connectivity index (χ0n) is 14.7. The minimum absolute atomic E-state index is 0.0188. The molecule has 26 heavy (non-hydrogen) atoms. The maximum Gasteiger partial charge on any atom is 0.409 e. The van der Waals surface area contributed by atoms with Gasteiger partial charge in [-0.15, -0.1) is 0 Å². The lowest BCUT2D eigenvalue weighted by Crippen LogP contribution is -2.50. The number of ether oxygens (including phenoxy) is 1. The standard InChI is InChI=1S/C20H22Cl2N2O2/c1-2-26-20(25)24-13-11-23(12-14-24)19(15-7-9-16(21)10-8-15)17-5-3-4-6-18(17)22/h3-10,19H,2,11-14H2,1H3. The lowest BCUT2D eigenvalue weighted by atomic mass is 9.96. The molecule has 2 aromatic rings. The Kier molecular flexibility index (Phi) is 6.41. The van der Waals surface area contributed by atoms with Crippen molar-refractivity contribution in [2.24, 2.45) is 0 Å². The van der Waals surface area contributed by atoms with E-state index in [0.29, 0.717) is 24.7 Å². The van der Waals surface area contributed by atoms with Gasteiger partial charge in [-0.1, -0.05) is 53.5 Å². The van der Waals surface area contributed by atoms with Gasteiger partial charge >= 0.3 is 6.09 Å². The van der Waals surface area contributed by atoms with Crippen LogP contribution in [0, 0.1) is 0 Å². The normalized spacial score (nSPS) is 16.3.